The maximum Gasteiger partial charge on any atom is 0.240 e. The van der Waals surface area contributed by atoms with Crippen LogP contribution in [0.1, 0.15) is 50.0 Å². The fraction of sp³-hybridized carbons (Fsp3) is 0.333. The van der Waals surface area contributed by atoms with Gasteiger partial charge in [-0.05, 0) is 42.2 Å². The molecule has 0 aliphatic heterocycles. The number of nitrogens with one attached hydrogen (secondary N) is 2. The van der Waals surface area contributed by atoms with Crippen LogP contribution in [0.2, 0.25) is 0 Å². The van der Waals surface area contributed by atoms with Crippen LogP contribution < -0.4 is 10.0 Å². The Bertz CT molecular complexity index is 959. The first kappa shape index (κ1) is 21.8. The number of amides is 1. The molecule has 0 aromatic heterocycles. The predicted octanol–water partition coefficient (Wildman–Crippen LogP) is 3.49. The molecule has 0 saturated carbocycles. The zero-order valence-corrected chi connectivity index (χ0v) is 17.4. The average molecular weight is 403 g/mol. The molecule has 0 aliphatic rings. The van der Waals surface area contributed by atoms with Crippen molar-refractivity contribution < 1.29 is 18.0 Å². The van der Waals surface area contributed by atoms with Crippen LogP contribution in [0.5, 0.6) is 0 Å². The molecule has 6 nitrogen and oxygen atoms in total. The highest BCUT2D eigenvalue weighted by atomic mass is 32.2. The van der Waals surface area contributed by atoms with Gasteiger partial charge in [0.15, 0.2) is 5.78 Å². The minimum Gasteiger partial charge on any atom is -0.326 e. The van der Waals surface area contributed by atoms with Crippen molar-refractivity contribution in [3.8, 4) is 0 Å². The molecule has 2 rings (SSSR count). The van der Waals surface area contributed by atoms with Gasteiger partial charge in [0.25, 0.3) is 0 Å². The molecule has 0 heterocycles. The lowest BCUT2D eigenvalue weighted by atomic mass is 9.87. The maximum atomic E-state index is 12.3. The predicted molar refractivity (Wildman–Crippen MR) is 110 cm³/mol. The molecule has 0 fully saturated rings. The summed E-state index contributed by atoms with van der Waals surface area (Å²) >= 11 is 0. The molecule has 150 valence electrons. The van der Waals surface area contributed by atoms with Crippen molar-refractivity contribution in [3.05, 3.63) is 59.7 Å². The number of hydrogen-bond donors (Lipinski definition) is 2. The molecule has 2 N–H and O–H groups in total. The molecule has 2 aromatic carbocycles. The summed E-state index contributed by atoms with van der Waals surface area (Å²) in [6.45, 7) is 7.66. The van der Waals surface area contributed by atoms with Gasteiger partial charge in [0.05, 0.1) is 4.90 Å². The third-order valence-electron chi connectivity index (χ3n) is 4.23. The van der Waals surface area contributed by atoms with Gasteiger partial charge in [-0.3, -0.25) is 9.59 Å². The van der Waals surface area contributed by atoms with Gasteiger partial charge in [-0.2, -0.15) is 0 Å². The molecule has 1 amide bonds. The van der Waals surface area contributed by atoms with E-state index in [1.54, 1.807) is 6.07 Å². The molecule has 0 aliphatic carbocycles. The van der Waals surface area contributed by atoms with E-state index < -0.39 is 10.0 Å². The summed E-state index contributed by atoms with van der Waals surface area (Å²) in [5.74, 6) is -0.502. The Balaban J connectivity index is 1.91. The largest absolute Gasteiger partial charge is 0.326 e. The first-order valence-corrected chi connectivity index (χ1v) is 10.5. The van der Waals surface area contributed by atoms with Gasteiger partial charge in [-0.25, -0.2) is 13.1 Å². The standard InChI is InChI=1S/C21H26N2O4S/c1-15(24)16-6-5-7-19(14-16)28(26,27)22-13-12-20(25)23-18-10-8-17(9-11-18)21(2,3)4/h5-11,14,22H,12-13H2,1-4H3,(H,23,25). The number of hydrogen-bond acceptors (Lipinski definition) is 4. The van der Waals surface area contributed by atoms with Crippen molar-refractivity contribution >= 4 is 27.4 Å². The number of rotatable bonds is 7. The quantitative estimate of drug-likeness (QED) is 0.694. The van der Waals surface area contributed by atoms with Crippen LogP contribution in [-0.2, 0) is 20.2 Å². The van der Waals surface area contributed by atoms with Crippen molar-refractivity contribution in [1.29, 1.82) is 0 Å². The summed E-state index contributed by atoms with van der Waals surface area (Å²) in [7, 11) is -3.79. The zero-order valence-electron chi connectivity index (χ0n) is 16.6. The smallest absolute Gasteiger partial charge is 0.240 e. The van der Waals surface area contributed by atoms with Gasteiger partial charge in [0, 0.05) is 24.2 Å². The maximum absolute atomic E-state index is 12.3. The van der Waals surface area contributed by atoms with Crippen molar-refractivity contribution in [1.82, 2.24) is 4.72 Å². The first-order valence-electron chi connectivity index (χ1n) is 9.00. The molecular weight excluding hydrogens is 376 g/mol. The second kappa shape index (κ2) is 8.67. The van der Waals surface area contributed by atoms with Crippen LogP contribution in [-0.4, -0.2) is 26.7 Å². The van der Waals surface area contributed by atoms with Crippen molar-refractivity contribution in [2.45, 2.75) is 44.4 Å². The Morgan fingerprint density at radius 3 is 2.21 bits per heavy atom. The average Bonchev–Trinajstić information content (AvgIpc) is 2.61. The lowest BCUT2D eigenvalue weighted by molar-refractivity contribution is -0.116. The minimum absolute atomic E-state index is 0.00150. The summed E-state index contributed by atoms with van der Waals surface area (Å²) in [4.78, 5) is 23.5. The van der Waals surface area contributed by atoms with Crippen LogP contribution >= 0.6 is 0 Å². The minimum atomic E-state index is -3.79. The molecule has 0 bridgehead atoms. The Morgan fingerprint density at radius 1 is 1.00 bits per heavy atom. The van der Waals surface area contributed by atoms with Crippen LogP contribution in [0.25, 0.3) is 0 Å². The second-order valence-electron chi connectivity index (χ2n) is 7.61. The lowest BCUT2D eigenvalue weighted by Gasteiger charge is -2.19. The van der Waals surface area contributed by atoms with E-state index in [9.17, 15) is 18.0 Å². The van der Waals surface area contributed by atoms with Crippen molar-refractivity contribution in [2.75, 3.05) is 11.9 Å². The molecule has 0 saturated heterocycles. The summed E-state index contributed by atoms with van der Waals surface area (Å²) in [5, 5.41) is 2.75. The Labute approximate surface area is 166 Å². The topological polar surface area (TPSA) is 92.3 Å². The number of anilines is 1. The molecule has 0 unspecified atom stereocenters. The summed E-state index contributed by atoms with van der Waals surface area (Å²) in [5.41, 5.74) is 2.17. The normalized spacial score (nSPS) is 11.9. The highest BCUT2D eigenvalue weighted by Crippen LogP contribution is 2.23. The molecule has 28 heavy (non-hydrogen) atoms. The monoisotopic (exact) mass is 402 g/mol. The molecule has 0 radical (unpaired) electrons. The van der Waals surface area contributed by atoms with Crippen molar-refractivity contribution in [2.24, 2.45) is 0 Å². The molecule has 0 spiro atoms. The van der Waals surface area contributed by atoms with E-state index >= 15 is 0 Å². The van der Waals surface area contributed by atoms with E-state index in [0.29, 0.717) is 11.3 Å². The lowest BCUT2D eigenvalue weighted by Crippen LogP contribution is -2.28. The van der Waals surface area contributed by atoms with E-state index in [1.165, 1.54) is 25.1 Å². The van der Waals surface area contributed by atoms with E-state index in [0.717, 1.165) is 5.56 Å². The zero-order chi connectivity index (χ0) is 20.9. The molecule has 2 aromatic rings. The van der Waals surface area contributed by atoms with Crippen molar-refractivity contribution in [3.63, 3.8) is 0 Å². The highest BCUT2D eigenvalue weighted by molar-refractivity contribution is 7.89. The second-order valence-corrected chi connectivity index (χ2v) is 9.37. The summed E-state index contributed by atoms with van der Waals surface area (Å²) in [6, 6.07) is 13.4. The third-order valence-corrected chi connectivity index (χ3v) is 5.69. The van der Waals surface area contributed by atoms with Gasteiger partial charge in [-0.1, -0.05) is 45.0 Å². The van der Waals surface area contributed by atoms with Crippen LogP contribution in [0.15, 0.2) is 53.4 Å². The van der Waals surface area contributed by atoms with E-state index in [2.05, 4.69) is 30.8 Å². The highest BCUT2D eigenvalue weighted by Gasteiger charge is 2.16. The SMILES string of the molecule is CC(=O)c1cccc(S(=O)(=O)NCCC(=O)Nc2ccc(C(C)(C)C)cc2)c1. The summed E-state index contributed by atoms with van der Waals surface area (Å²) < 4.78 is 27.0. The van der Waals surface area contributed by atoms with E-state index in [1.807, 2.05) is 24.3 Å². The van der Waals surface area contributed by atoms with Crippen LogP contribution in [0, 0.1) is 0 Å². The van der Waals surface area contributed by atoms with Gasteiger partial charge in [-0.15, -0.1) is 0 Å². The van der Waals surface area contributed by atoms with Gasteiger partial charge >= 0.3 is 0 Å². The molecule has 0 atom stereocenters. The van der Waals surface area contributed by atoms with Crippen LogP contribution in [0.4, 0.5) is 5.69 Å². The van der Waals surface area contributed by atoms with Crippen LogP contribution in [0.3, 0.4) is 0 Å². The third kappa shape index (κ3) is 6.00. The molecule has 7 heteroatoms. The van der Waals surface area contributed by atoms with E-state index in [4.69, 9.17) is 0 Å². The van der Waals surface area contributed by atoms with E-state index in [-0.39, 0.29) is 35.0 Å². The molecular formula is C21H26N2O4S. The first-order chi connectivity index (χ1) is 13.0. The Hall–Kier alpha value is -2.51. The number of carbonyl (C=O) groups excluding carboxylic acids is 2. The Morgan fingerprint density at radius 2 is 1.64 bits per heavy atom. The van der Waals surface area contributed by atoms with Gasteiger partial charge in [0.2, 0.25) is 15.9 Å². The number of benzene rings is 2. The number of sulfonamides is 1. The summed E-state index contributed by atoms with van der Waals surface area (Å²) in [6.07, 6.45) is -0.00729. The number of ketones is 1. The number of carbonyl (C=O) groups is 2. The fourth-order valence-electron chi connectivity index (χ4n) is 2.54. The van der Waals surface area contributed by atoms with Gasteiger partial charge < -0.3 is 5.32 Å². The fourth-order valence-corrected chi connectivity index (χ4v) is 3.62. The number of Topliss-reactive ketones (excluding diaryl/α,β-unsaturated/α-hetero) is 1. The Kier molecular flexibility index (Phi) is 6.74. The van der Waals surface area contributed by atoms with Gasteiger partial charge in [0.1, 0.15) is 0 Å².